The van der Waals surface area contributed by atoms with Gasteiger partial charge >= 0.3 is 0 Å². The van der Waals surface area contributed by atoms with Crippen LogP contribution in [0.3, 0.4) is 0 Å². The number of hydrogen-bond acceptors (Lipinski definition) is 3. The molecule has 0 aliphatic carbocycles. The van der Waals surface area contributed by atoms with Gasteiger partial charge < -0.3 is 15.7 Å². The predicted octanol–water partition coefficient (Wildman–Crippen LogP) is 4.21. The van der Waals surface area contributed by atoms with Gasteiger partial charge in [-0.25, -0.2) is 8.78 Å². The van der Waals surface area contributed by atoms with Gasteiger partial charge in [-0.15, -0.1) is 0 Å². The van der Waals surface area contributed by atoms with Crippen LogP contribution in [-0.2, 0) is 11.2 Å². The fourth-order valence-electron chi connectivity index (χ4n) is 3.86. The second kappa shape index (κ2) is 8.70. The van der Waals surface area contributed by atoms with Gasteiger partial charge in [-0.2, -0.15) is 0 Å². The summed E-state index contributed by atoms with van der Waals surface area (Å²) in [5.41, 5.74) is 8.59. The van der Waals surface area contributed by atoms with E-state index in [0.717, 1.165) is 29.3 Å². The molecule has 4 nitrogen and oxygen atoms in total. The van der Waals surface area contributed by atoms with E-state index in [0.29, 0.717) is 12.0 Å². The summed E-state index contributed by atoms with van der Waals surface area (Å²) in [7, 11) is 0. The van der Waals surface area contributed by atoms with Crippen LogP contribution >= 0.6 is 0 Å². The maximum absolute atomic E-state index is 14.4. The average molecular weight is 420 g/mol. The monoisotopic (exact) mass is 420 g/mol. The lowest BCUT2D eigenvalue weighted by Gasteiger charge is -2.28. The minimum atomic E-state index is -0.819. The highest BCUT2D eigenvalue weighted by Gasteiger charge is 2.34. The number of hydrogen-bond donors (Lipinski definition) is 2. The van der Waals surface area contributed by atoms with Crippen LogP contribution in [0.5, 0.6) is 5.75 Å². The largest absolute Gasteiger partial charge is 0.508 e. The van der Waals surface area contributed by atoms with Gasteiger partial charge in [0.25, 0.3) is 0 Å². The maximum atomic E-state index is 14.4. The first-order valence-corrected chi connectivity index (χ1v) is 9.97. The predicted molar refractivity (Wildman–Crippen MR) is 115 cm³/mol. The molecule has 0 aromatic heterocycles. The summed E-state index contributed by atoms with van der Waals surface area (Å²) < 4.78 is 28.2. The van der Waals surface area contributed by atoms with Crippen LogP contribution < -0.4 is 5.73 Å². The van der Waals surface area contributed by atoms with Crippen LogP contribution in [0, 0.1) is 11.6 Å². The van der Waals surface area contributed by atoms with E-state index < -0.39 is 23.7 Å². The van der Waals surface area contributed by atoms with E-state index in [4.69, 9.17) is 5.73 Å². The number of amides is 1. The number of carbonyl (C=O) groups excluding carboxylic acids is 1. The summed E-state index contributed by atoms with van der Waals surface area (Å²) in [5.74, 6) is -1.23. The second-order valence-electron chi connectivity index (χ2n) is 7.61. The minimum absolute atomic E-state index is 0.127. The Kier molecular flexibility index (Phi) is 5.82. The zero-order chi connectivity index (χ0) is 22.0. The maximum Gasteiger partial charge on any atom is 0.240 e. The van der Waals surface area contributed by atoms with Crippen molar-refractivity contribution in [2.45, 2.75) is 18.5 Å². The molecular weight excluding hydrogens is 398 g/mol. The lowest BCUT2D eigenvalue weighted by atomic mass is 10.0. The minimum Gasteiger partial charge on any atom is -0.508 e. The number of phenols is 1. The average Bonchev–Trinajstić information content (AvgIpc) is 3.22. The smallest absolute Gasteiger partial charge is 0.240 e. The first kappa shape index (κ1) is 20.8. The first-order valence-electron chi connectivity index (χ1n) is 9.97. The van der Waals surface area contributed by atoms with Gasteiger partial charge in [0.1, 0.15) is 17.4 Å². The van der Waals surface area contributed by atoms with E-state index in [9.17, 15) is 18.7 Å². The molecule has 0 bridgehead atoms. The van der Waals surface area contributed by atoms with Crippen molar-refractivity contribution in [3.8, 4) is 5.75 Å². The lowest BCUT2D eigenvalue weighted by molar-refractivity contribution is -0.133. The summed E-state index contributed by atoms with van der Waals surface area (Å²) in [6.07, 6.45) is 2.08. The second-order valence-corrected chi connectivity index (χ2v) is 7.61. The third-order valence-corrected chi connectivity index (χ3v) is 5.44. The molecule has 2 unspecified atom stereocenters. The Hall–Kier alpha value is -3.51. The Labute approximate surface area is 179 Å². The molecule has 0 saturated heterocycles. The number of benzene rings is 3. The van der Waals surface area contributed by atoms with Crippen LogP contribution in [0.1, 0.15) is 22.7 Å². The molecule has 1 aliphatic heterocycles. The molecule has 0 spiro atoms. The SMILES string of the molecule is NC(Cc1ccc(O)cc1)C(=O)N1CC(c2cc(F)ccc2F)=CC1c1ccccc1. The highest BCUT2D eigenvalue weighted by atomic mass is 19.1. The van der Waals surface area contributed by atoms with Gasteiger partial charge in [0.05, 0.1) is 12.1 Å². The number of phenolic OH excluding ortho intramolecular Hbond substituents is 1. The summed E-state index contributed by atoms with van der Waals surface area (Å²) in [4.78, 5) is 14.9. The highest BCUT2D eigenvalue weighted by molar-refractivity contribution is 5.87. The third-order valence-electron chi connectivity index (χ3n) is 5.44. The third kappa shape index (κ3) is 4.49. The number of nitrogens with two attached hydrogens (primary N) is 1. The molecule has 3 N–H and O–H groups in total. The van der Waals surface area contributed by atoms with Crippen molar-refractivity contribution >= 4 is 11.5 Å². The normalized spacial score (nSPS) is 16.8. The van der Waals surface area contributed by atoms with Crippen LogP contribution in [0.25, 0.3) is 5.57 Å². The number of aromatic hydroxyl groups is 1. The number of carbonyl (C=O) groups is 1. The van der Waals surface area contributed by atoms with Crippen LogP contribution in [-0.4, -0.2) is 28.5 Å². The first-order chi connectivity index (χ1) is 14.9. The zero-order valence-electron chi connectivity index (χ0n) is 16.7. The molecule has 1 heterocycles. The van der Waals surface area contributed by atoms with Gasteiger partial charge in [-0.1, -0.05) is 48.5 Å². The fraction of sp³-hybridized carbons (Fsp3) is 0.160. The molecule has 3 aromatic rings. The number of rotatable bonds is 5. The van der Waals surface area contributed by atoms with E-state index in [1.54, 1.807) is 35.2 Å². The number of halogens is 2. The van der Waals surface area contributed by atoms with E-state index >= 15 is 0 Å². The Morgan fingerprint density at radius 3 is 2.48 bits per heavy atom. The Morgan fingerprint density at radius 2 is 1.77 bits per heavy atom. The van der Waals surface area contributed by atoms with Gasteiger partial charge in [0, 0.05) is 12.1 Å². The Morgan fingerprint density at radius 1 is 1.06 bits per heavy atom. The zero-order valence-corrected chi connectivity index (χ0v) is 16.7. The summed E-state index contributed by atoms with van der Waals surface area (Å²) in [6, 6.07) is 17.9. The van der Waals surface area contributed by atoms with Crippen molar-refractivity contribution in [3.05, 3.63) is 107 Å². The molecule has 4 rings (SSSR count). The molecule has 0 saturated carbocycles. The Bertz CT molecular complexity index is 1110. The standard InChI is InChI=1S/C25H22F2N2O2/c26-19-8-11-22(27)21(14-19)18-13-24(17-4-2-1-3-5-17)29(15-18)25(31)23(28)12-16-6-9-20(30)10-7-16/h1-11,13-14,23-24,30H,12,15,28H2. The summed E-state index contributed by atoms with van der Waals surface area (Å²) >= 11 is 0. The van der Waals surface area contributed by atoms with E-state index in [1.165, 1.54) is 0 Å². The Balaban J connectivity index is 1.63. The molecule has 31 heavy (non-hydrogen) atoms. The van der Waals surface area contributed by atoms with Crippen LogP contribution in [0.4, 0.5) is 8.78 Å². The van der Waals surface area contributed by atoms with E-state index in [1.807, 2.05) is 30.3 Å². The molecule has 0 fully saturated rings. The van der Waals surface area contributed by atoms with Crippen molar-refractivity contribution in [1.82, 2.24) is 4.90 Å². The van der Waals surface area contributed by atoms with E-state index in [2.05, 4.69) is 0 Å². The molecule has 1 amide bonds. The van der Waals surface area contributed by atoms with Gasteiger partial charge in [-0.3, -0.25) is 4.79 Å². The van der Waals surface area contributed by atoms with Gasteiger partial charge in [-0.05, 0) is 53.5 Å². The molecule has 1 aliphatic rings. The van der Waals surface area contributed by atoms with Crippen LogP contribution in [0.2, 0.25) is 0 Å². The van der Waals surface area contributed by atoms with Crippen molar-refractivity contribution in [3.63, 3.8) is 0 Å². The van der Waals surface area contributed by atoms with Crippen molar-refractivity contribution < 1.29 is 18.7 Å². The molecule has 6 heteroatoms. The quantitative estimate of drug-likeness (QED) is 0.650. The summed E-state index contributed by atoms with van der Waals surface area (Å²) in [6.45, 7) is 0.127. The topological polar surface area (TPSA) is 66.6 Å². The van der Waals surface area contributed by atoms with Crippen molar-refractivity contribution in [1.29, 1.82) is 0 Å². The molecule has 2 atom stereocenters. The fourth-order valence-corrected chi connectivity index (χ4v) is 3.86. The highest BCUT2D eigenvalue weighted by Crippen LogP contribution is 2.36. The molecule has 158 valence electrons. The molecule has 0 radical (unpaired) electrons. The summed E-state index contributed by atoms with van der Waals surface area (Å²) in [5, 5.41) is 9.44. The molecular formula is C25H22F2N2O2. The lowest BCUT2D eigenvalue weighted by Crippen LogP contribution is -2.45. The van der Waals surface area contributed by atoms with Crippen molar-refractivity contribution in [2.75, 3.05) is 6.54 Å². The molecule has 3 aromatic carbocycles. The van der Waals surface area contributed by atoms with Crippen molar-refractivity contribution in [2.24, 2.45) is 5.73 Å². The van der Waals surface area contributed by atoms with Gasteiger partial charge in [0.2, 0.25) is 5.91 Å². The van der Waals surface area contributed by atoms with Crippen LogP contribution in [0.15, 0.2) is 78.9 Å². The van der Waals surface area contributed by atoms with Gasteiger partial charge in [0.15, 0.2) is 0 Å². The van der Waals surface area contributed by atoms with E-state index in [-0.39, 0.29) is 23.8 Å². The number of nitrogens with zero attached hydrogens (tertiary/aromatic N) is 1.